The number of ether oxygens (including phenoxy) is 1. The minimum Gasteiger partial charge on any atom is -0.389 e. The van der Waals surface area contributed by atoms with Gasteiger partial charge in [0, 0.05) is 19.1 Å². The van der Waals surface area contributed by atoms with Crippen LogP contribution in [-0.2, 0) is 11.2 Å². The monoisotopic (exact) mass is 354 g/mol. The average molecular weight is 354 g/mol. The van der Waals surface area contributed by atoms with Gasteiger partial charge in [-0.05, 0) is 37.2 Å². The van der Waals surface area contributed by atoms with Crippen LogP contribution in [0.4, 0.5) is 0 Å². The van der Waals surface area contributed by atoms with Crippen molar-refractivity contribution < 1.29 is 14.6 Å². The molecule has 3 atom stereocenters. The molecule has 0 bridgehead atoms. The molecule has 2 fully saturated rings. The molecule has 0 unspecified atom stereocenters. The lowest BCUT2D eigenvalue weighted by Crippen LogP contribution is -2.58. The van der Waals surface area contributed by atoms with Crippen LogP contribution in [0.3, 0.4) is 0 Å². The summed E-state index contributed by atoms with van der Waals surface area (Å²) in [6.45, 7) is 5.18. The van der Waals surface area contributed by atoms with Crippen molar-refractivity contribution in [2.75, 3.05) is 26.3 Å². The minimum atomic E-state index is -0.545. The third-order valence-corrected chi connectivity index (χ3v) is 5.67. The number of carbonyl (C=O) groups excluding carboxylic acids is 1. The lowest BCUT2D eigenvalue weighted by atomic mass is 9.86. The van der Waals surface area contributed by atoms with E-state index in [0.29, 0.717) is 18.1 Å². The van der Waals surface area contributed by atoms with E-state index in [0.717, 1.165) is 62.4 Å². The Morgan fingerprint density at radius 3 is 2.96 bits per heavy atom. The van der Waals surface area contributed by atoms with Gasteiger partial charge in [-0.3, -0.25) is 9.69 Å². The summed E-state index contributed by atoms with van der Waals surface area (Å²) in [4.78, 5) is 15.4. The topological polar surface area (TPSA) is 87.6 Å². The highest BCUT2D eigenvalue weighted by atomic mass is 32.1. The lowest BCUT2D eigenvalue weighted by molar-refractivity contribution is -0.0459. The Hall–Kier alpha value is -1.09. The molecule has 1 aromatic rings. The van der Waals surface area contributed by atoms with Crippen LogP contribution in [0, 0.1) is 0 Å². The van der Waals surface area contributed by atoms with Gasteiger partial charge < -0.3 is 15.2 Å². The van der Waals surface area contributed by atoms with Crippen molar-refractivity contribution in [2.24, 2.45) is 0 Å². The largest absolute Gasteiger partial charge is 0.389 e. The van der Waals surface area contributed by atoms with E-state index in [1.54, 1.807) is 0 Å². The van der Waals surface area contributed by atoms with Gasteiger partial charge in [-0.25, -0.2) is 0 Å². The number of aliphatic hydroxyl groups excluding tert-OH is 1. The van der Waals surface area contributed by atoms with Crippen LogP contribution in [0.25, 0.3) is 0 Å². The van der Waals surface area contributed by atoms with Crippen LogP contribution in [0.15, 0.2) is 0 Å². The third kappa shape index (κ3) is 3.93. The molecule has 1 aromatic heterocycles. The molecule has 2 heterocycles. The second kappa shape index (κ2) is 8.33. The highest BCUT2D eigenvalue weighted by molar-refractivity contribution is 7.08. The van der Waals surface area contributed by atoms with E-state index in [-0.39, 0.29) is 18.0 Å². The van der Waals surface area contributed by atoms with Gasteiger partial charge >= 0.3 is 0 Å². The van der Waals surface area contributed by atoms with Gasteiger partial charge in [-0.15, -0.1) is 5.10 Å². The van der Waals surface area contributed by atoms with Gasteiger partial charge in [0.1, 0.15) is 4.88 Å². The average Bonchev–Trinajstić information content (AvgIpc) is 3.06. The number of rotatable bonds is 5. The molecule has 1 aliphatic carbocycles. The summed E-state index contributed by atoms with van der Waals surface area (Å²) in [5.41, 5.74) is 0.759. The maximum absolute atomic E-state index is 12.6. The summed E-state index contributed by atoms with van der Waals surface area (Å²) < 4.78 is 9.31. The first kappa shape index (κ1) is 17.7. The zero-order chi connectivity index (χ0) is 16.9. The standard InChI is InChI=1S/C16H26N4O3S/c1-2-4-12-15(24-19-18-12)16(22)17-11-5-3-6-13(14(11)21)20-7-9-23-10-8-20/h11,13-14,21H,2-10H2,1H3,(H,17,22)/t11-,13-,14-/m1/s1. The van der Waals surface area contributed by atoms with E-state index in [1.807, 2.05) is 0 Å². The number of hydrogen-bond donors (Lipinski definition) is 2. The molecule has 1 aliphatic heterocycles. The number of nitrogens with zero attached hydrogens (tertiary/aromatic N) is 3. The fraction of sp³-hybridized carbons (Fsp3) is 0.812. The second-order valence-corrected chi connectivity index (χ2v) is 7.27. The predicted molar refractivity (Wildman–Crippen MR) is 91.2 cm³/mol. The number of carbonyl (C=O) groups is 1. The van der Waals surface area contributed by atoms with Crippen LogP contribution in [-0.4, -0.2) is 70.0 Å². The van der Waals surface area contributed by atoms with Crippen LogP contribution in [0.5, 0.6) is 0 Å². The number of morpholine rings is 1. The molecule has 1 amide bonds. The quantitative estimate of drug-likeness (QED) is 0.815. The Morgan fingerprint density at radius 2 is 2.21 bits per heavy atom. The Balaban J connectivity index is 1.63. The molecule has 3 rings (SSSR count). The molecule has 1 saturated heterocycles. The van der Waals surface area contributed by atoms with Crippen molar-refractivity contribution in [1.29, 1.82) is 0 Å². The summed E-state index contributed by atoms with van der Waals surface area (Å²) in [7, 11) is 0. The number of aryl methyl sites for hydroxylation is 1. The second-order valence-electron chi connectivity index (χ2n) is 6.52. The molecule has 8 heteroatoms. The SMILES string of the molecule is CCCc1nnsc1C(=O)N[C@@H]1CCC[C@@H](N2CCOCC2)[C@@H]1O. The summed E-state index contributed by atoms with van der Waals surface area (Å²) in [5.74, 6) is -0.153. The third-order valence-electron chi connectivity index (χ3n) is 4.90. The molecule has 2 aliphatic rings. The summed E-state index contributed by atoms with van der Waals surface area (Å²) in [6, 6.07) is -0.113. The molecular formula is C16H26N4O3S. The van der Waals surface area contributed by atoms with Crippen molar-refractivity contribution >= 4 is 17.4 Å². The number of hydrogen-bond acceptors (Lipinski definition) is 7. The van der Waals surface area contributed by atoms with E-state index in [9.17, 15) is 9.90 Å². The van der Waals surface area contributed by atoms with Crippen molar-refractivity contribution in [3.8, 4) is 0 Å². The Morgan fingerprint density at radius 1 is 1.42 bits per heavy atom. The molecule has 7 nitrogen and oxygen atoms in total. The smallest absolute Gasteiger partial charge is 0.265 e. The van der Waals surface area contributed by atoms with Gasteiger partial charge in [0.15, 0.2) is 0 Å². The number of nitrogens with one attached hydrogen (secondary N) is 1. The number of aliphatic hydroxyl groups is 1. The van der Waals surface area contributed by atoms with Crippen molar-refractivity contribution in [1.82, 2.24) is 19.8 Å². The summed E-state index contributed by atoms with van der Waals surface area (Å²) in [5, 5.41) is 17.8. The van der Waals surface area contributed by atoms with Gasteiger partial charge in [0.25, 0.3) is 5.91 Å². The lowest BCUT2D eigenvalue weighted by Gasteiger charge is -2.42. The Bertz CT molecular complexity index is 547. The van der Waals surface area contributed by atoms with E-state index in [4.69, 9.17) is 4.74 Å². The van der Waals surface area contributed by atoms with Gasteiger partial charge in [-0.1, -0.05) is 17.8 Å². The Labute approximate surface area is 146 Å². The first-order valence-electron chi connectivity index (χ1n) is 8.82. The maximum atomic E-state index is 12.6. The van der Waals surface area contributed by atoms with E-state index < -0.39 is 6.10 Å². The Kier molecular flexibility index (Phi) is 6.15. The fourth-order valence-electron chi connectivity index (χ4n) is 3.64. The highest BCUT2D eigenvalue weighted by Crippen LogP contribution is 2.25. The molecule has 0 radical (unpaired) electrons. The minimum absolute atomic E-state index is 0.0997. The first-order chi connectivity index (χ1) is 11.7. The van der Waals surface area contributed by atoms with Crippen molar-refractivity contribution in [3.05, 3.63) is 10.6 Å². The first-order valence-corrected chi connectivity index (χ1v) is 9.60. The molecule has 2 N–H and O–H groups in total. The molecular weight excluding hydrogens is 328 g/mol. The number of aromatic nitrogens is 2. The zero-order valence-corrected chi connectivity index (χ0v) is 14.9. The molecule has 134 valence electrons. The van der Waals surface area contributed by atoms with E-state index in [2.05, 4.69) is 26.7 Å². The van der Waals surface area contributed by atoms with E-state index in [1.165, 1.54) is 0 Å². The van der Waals surface area contributed by atoms with Gasteiger partial charge in [0.2, 0.25) is 0 Å². The maximum Gasteiger partial charge on any atom is 0.265 e. The molecule has 0 aromatic carbocycles. The van der Waals surface area contributed by atoms with Crippen molar-refractivity contribution in [2.45, 2.75) is 57.2 Å². The van der Waals surface area contributed by atoms with E-state index >= 15 is 0 Å². The summed E-state index contributed by atoms with van der Waals surface area (Å²) in [6.07, 6.45) is 3.92. The van der Waals surface area contributed by atoms with Crippen LogP contribution in [0.2, 0.25) is 0 Å². The van der Waals surface area contributed by atoms with Crippen molar-refractivity contribution in [3.63, 3.8) is 0 Å². The summed E-state index contributed by atoms with van der Waals surface area (Å²) >= 11 is 1.13. The van der Waals surface area contributed by atoms with Gasteiger partial charge in [0.05, 0.1) is 31.1 Å². The molecule has 24 heavy (non-hydrogen) atoms. The predicted octanol–water partition coefficient (Wildman–Crippen LogP) is 0.835. The van der Waals surface area contributed by atoms with Crippen LogP contribution >= 0.6 is 11.5 Å². The normalized spacial score (nSPS) is 28.7. The number of amides is 1. The molecule has 1 saturated carbocycles. The van der Waals surface area contributed by atoms with Crippen LogP contribution < -0.4 is 5.32 Å². The van der Waals surface area contributed by atoms with Crippen LogP contribution in [0.1, 0.15) is 48.0 Å². The molecule has 0 spiro atoms. The fourth-order valence-corrected chi connectivity index (χ4v) is 4.25. The highest BCUT2D eigenvalue weighted by Gasteiger charge is 2.37. The van der Waals surface area contributed by atoms with Gasteiger partial charge in [-0.2, -0.15) is 0 Å². The zero-order valence-electron chi connectivity index (χ0n) is 14.1.